The second-order valence-electron chi connectivity index (χ2n) is 3.12. The van der Waals surface area contributed by atoms with Crippen LogP contribution in [0.5, 0.6) is 0 Å². The van der Waals surface area contributed by atoms with E-state index in [9.17, 15) is 13.6 Å². The number of anilines is 1. The number of rotatable bonds is 3. The minimum absolute atomic E-state index is 0.0835. The molecule has 7 heteroatoms. The van der Waals surface area contributed by atoms with Crippen molar-refractivity contribution in [2.24, 2.45) is 0 Å². The van der Waals surface area contributed by atoms with Gasteiger partial charge in [0.25, 0.3) is 6.43 Å². The lowest BCUT2D eigenvalue weighted by Crippen LogP contribution is -2.11. The van der Waals surface area contributed by atoms with E-state index in [1.54, 1.807) is 6.07 Å². The number of halogens is 2. The molecular weight excluding hydrogens is 232 g/mol. The van der Waals surface area contributed by atoms with Crippen molar-refractivity contribution in [1.82, 2.24) is 4.98 Å². The number of ether oxygens (including phenoxy) is 1. The highest BCUT2D eigenvalue weighted by Gasteiger charge is 2.18. The minimum atomic E-state index is -2.82. The summed E-state index contributed by atoms with van der Waals surface area (Å²) in [5.74, 6) is -0.681. The number of nitrogen functional groups attached to an aromatic ring is 1. The molecule has 0 spiro atoms. The Hall–Kier alpha value is -2.23. The lowest BCUT2D eigenvalue weighted by atomic mass is 10.1. The van der Waals surface area contributed by atoms with Gasteiger partial charge in [-0.3, -0.25) is 4.79 Å². The molecule has 17 heavy (non-hydrogen) atoms. The Morgan fingerprint density at radius 3 is 2.82 bits per heavy atom. The third-order valence-corrected chi connectivity index (χ3v) is 2.02. The van der Waals surface area contributed by atoms with Gasteiger partial charge in [0.2, 0.25) is 0 Å². The Labute approximate surface area is 95.8 Å². The van der Waals surface area contributed by atoms with Gasteiger partial charge in [-0.25, -0.2) is 13.8 Å². The smallest absolute Gasteiger partial charge is 0.311 e. The summed E-state index contributed by atoms with van der Waals surface area (Å²) in [5, 5.41) is 8.80. The van der Waals surface area contributed by atoms with Crippen molar-refractivity contribution in [1.29, 1.82) is 5.26 Å². The van der Waals surface area contributed by atoms with Crippen LogP contribution in [0.2, 0.25) is 0 Å². The van der Waals surface area contributed by atoms with E-state index in [2.05, 4.69) is 9.72 Å². The molecule has 0 aliphatic rings. The van der Waals surface area contributed by atoms with Crippen molar-refractivity contribution in [3.05, 3.63) is 23.0 Å². The fourth-order valence-electron chi connectivity index (χ4n) is 1.22. The maximum absolute atomic E-state index is 12.5. The second-order valence-corrected chi connectivity index (χ2v) is 3.12. The number of pyridine rings is 1. The molecule has 1 aromatic heterocycles. The van der Waals surface area contributed by atoms with Crippen molar-refractivity contribution in [2.45, 2.75) is 12.8 Å². The summed E-state index contributed by atoms with van der Waals surface area (Å²) in [5.41, 5.74) is 4.56. The molecule has 0 atom stereocenters. The number of hydrogen-bond donors (Lipinski definition) is 1. The first-order chi connectivity index (χ1) is 7.99. The normalized spacial score (nSPS) is 10.1. The number of alkyl halides is 2. The van der Waals surface area contributed by atoms with Crippen LogP contribution in [-0.2, 0) is 16.0 Å². The first kappa shape index (κ1) is 12.8. The molecule has 0 aromatic carbocycles. The topological polar surface area (TPSA) is 89.0 Å². The number of hydrogen-bond acceptors (Lipinski definition) is 5. The Kier molecular flexibility index (Phi) is 3.93. The first-order valence-electron chi connectivity index (χ1n) is 4.54. The molecule has 1 rings (SSSR count). The third kappa shape index (κ3) is 2.87. The Balaban J connectivity index is 3.25. The second kappa shape index (κ2) is 5.21. The van der Waals surface area contributed by atoms with E-state index in [-0.39, 0.29) is 23.4 Å². The highest BCUT2D eigenvalue weighted by Crippen LogP contribution is 2.23. The zero-order valence-electron chi connectivity index (χ0n) is 8.91. The van der Waals surface area contributed by atoms with Gasteiger partial charge >= 0.3 is 5.97 Å². The molecule has 5 nitrogen and oxygen atoms in total. The molecule has 2 N–H and O–H groups in total. The average molecular weight is 241 g/mol. The minimum Gasteiger partial charge on any atom is -0.469 e. The molecular formula is C10H9F2N3O2. The Morgan fingerprint density at radius 2 is 2.35 bits per heavy atom. The van der Waals surface area contributed by atoms with Crippen molar-refractivity contribution in [3.8, 4) is 6.07 Å². The Morgan fingerprint density at radius 1 is 1.71 bits per heavy atom. The van der Waals surface area contributed by atoms with Gasteiger partial charge in [-0.1, -0.05) is 0 Å². The van der Waals surface area contributed by atoms with Gasteiger partial charge in [-0.15, -0.1) is 0 Å². The zero-order valence-corrected chi connectivity index (χ0v) is 8.91. The number of carbonyl (C=O) groups excluding carboxylic acids is 1. The molecule has 0 saturated heterocycles. The standard InChI is InChI=1S/C10H9F2N3O2/c1-17-9(16)3-7-5(4-13)6(14)2-8(15-7)10(11)12/h2,10H,3H2,1H3,(H2,14,15). The lowest BCUT2D eigenvalue weighted by molar-refractivity contribution is -0.139. The fourth-order valence-corrected chi connectivity index (χ4v) is 1.22. The summed E-state index contributed by atoms with van der Waals surface area (Å²) in [6, 6.07) is 2.64. The van der Waals surface area contributed by atoms with Crippen molar-refractivity contribution < 1.29 is 18.3 Å². The number of esters is 1. The van der Waals surface area contributed by atoms with Crippen LogP contribution in [0, 0.1) is 11.3 Å². The predicted octanol–water partition coefficient (Wildman–Crippen LogP) is 1.19. The summed E-state index contributed by atoms with van der Waals surface area (Å²) in [6.45, 7) is 0. The molecule has 0 unspecified atom stereocenters. The van der Waals surface area contributed by atoms with E-state index in [4.69, 9.17) is 11.0 Å². The van der Waals surface area contributed by atoms with Crippen LogP contribution < -0.4 is 5.73 Å². The SMILES string of the molecule is COC(=O)Cc1nc(C(F)F)cc(N)c1C#N. The van der Waals surface area contributed by atoms with Gasteiger partial charge in [0.1, 0.15) is 11.8 Å². The highest BCUT2D eigenvalue weighted by atomic mass is 19.3. The van der Waals surface area contributed by atoms with Gasteiger partial charge in [-0.05, 0) is 6.07 Å². The molecule has 0 radical (unpaired) electrons. The largest absolute Gasteiger partial charge is 0.469 e. The molecule has 0 aliphatic heterocycles. The van der Waals surface area contributed by atoms with E-state index in [1.807, 2.05) is 0 Å². The molecule has 0 aliphatic carbocycles. The van der Waals surface area contributed by atoms with Crippen LogP contribution in [0.1, 0.15) is 23.4 Å². The summed E-state index contributed by atoms with van der Waals surface area (Å²) in [7, 11) is 1.15. The summed E-state index contributed by atoms with van der Waals surface area (Å²) in [4.78, 5) is 14.6. The van der Waals surface area contributed by atoms with E-state index in [1.165, 1.54) is 0 Å². The number of nitrogens with zero attached hydrogens (tertiary/aromatic N) is 2. The predicted molar refractivity (Wildman–Crippen MR) is 54.0 cm³/mol. The van der Waals surface area contributed by atoms with Crippen LogP contribution in [0.25, 0.3) is 0 Å². The van der Waals surface area contributed by atoms with Crippen LogP contribution >= 0.6 is 0 Å². The van der Waals surface area contributed by atoms with Crippen LogP contribution in [0.3, 0.4) is 0 Å². The lowest BCUT2D eigenvalue weighted by Gasteiger charge is -2.08. The first-order valence-corrected chi connectivity index (χ1v) is 4.54. The molecule has 1 aromatic rings. The highest BCUT2D eigenvalue weighted by molar-refractivity contribution is 5.74. The van der Waals surface area contributed by atoms with Crippen molar-refractivity contribution in [2.75, 3.05) is 12.8 Å². The summed E-state index contributed by atoms with van der Waals surface area (Å²) in [6.07, 6.45) is -3.19. The summed E-state index contributed by atoms with van der Waals surface area (Å²) < 4.78 is 29.3. The molecule has 0 bridgehead atoms. The van der Waals surface area contributed by atoms with Gasteiger partial charge in [0, 0.05) is 0 Å². The molecule has 90 valence electrons. The van der Waals surface area contributed by atoms with Gasteiger partial charge in [-0.2, -0.15) is 5.26 Å². The van der Waals surface area contributed by atoms with Crippen LogP contribution in [-0.4, -0.2) is 18.1 Å². The summed E-state index contributed by atoms with van der Waals surface area (Å²) >= 11 is 0. The van der Waals surface area contributed by atoms with Crippen LogP contribution in [0.4, 0.5) is 14.5 Å². The number of nitriles is 1. The third-order valence-electron chi connectivity index (χ3n) is 2.02. The monoisotopic (exact) mass is 241 g/mol. The van der Waals surface area contributed by atoms with Crippen molar-refractivity contribution in [3.63, 3.8) is 0 Å². The number of methoxy groups -OCH3 is 1. The average Bonchev–Trinajstić information content (AvgIpc) is 2.28. The Bertz CT molecular complexity index is 483. The zero-order chi connectivity index (χ0) is 13.0. The van der Waals surface area contributed by atoms with E-state index < -0.39 is 18.1 Å². The van der Waals surface area contributed by atoms with E-state index in [0.29, 0.717) is 0 Å². The maximum atomic E-state index is 12.5. The van der Waals surface area contributed by atoms with Gasteiger partial charge in [0.05, 0.1) is 30.5 Å². The molecule has 0 fully saturated rings. The van der Waals surface area contributed by atoms with Gasteiger partial charge in [0.15, 0.2) is 0 Å². The fraction of sp³-hybridized carbons (Fsp3) is 0.300. The molecule has 0 saturated carbocycles. The quantitative estimate of drug-likeness (QED) is 0.803. The van der Waals surface area contributed by atoms with E-state index in [0.717, 1.165) is 13.2 Å². The van der Waals surface area contributed by atoms with Crippen LogP contribution in [0.15, 0.2) is 6.07 Å². The maximum Gasteiger partial charge on any atom is 0.311 e. The van der Waals surface area contributed by atoms with E-state index >= 15 is 0 Å². The number of aromatic nitrogens is 1. The number of nitrogens with two attached hydrogens (primary N) is 1. The molecule has 0 amide bonds. The van der Waals surface area contributed by atoms with Crippen molar-refractivity contribution >= 4 is 11.7 Å². The number of carbonyl (C=O) groups is 1. The molecule has 1 heterocycles. The van der Waals surface area contributed by atoms with Gasteiger partial charge < -0.3 is 10.5 Å².